The van der Waals surface area contributed by atoms with Crippen molar-refractivity contribution in [3.05, 3.63) is 45.4 Å². The Morgan fingerprint density at radius 3 is 2.55 bits per heavy atom. The van der Waals surface area contributed by atoms with Crippen LogP contribution in [0.5, 0.6) is 17.2 Å². The number of benzene rings is 2. The molecule has 0 atom stereocenters. The summed E-state index contributed by atoms with van der Waals surface area (Å²) in [6.45, 7) is 6.07. The van der Waals surface area contributed by atoms with Crippen molar-refractivity contribution in [2.75, 3.05) is 6.61 Å². The van der Waals surface area contributed by atoms with Gasteiger partial charge >= 0.3 is 0 Å². The lowest BCUT2D eigenvalue weighted by Gasteiger charge is -2.09. The number of aryl methyl sites for hydroxylation is 2. The summed E-state index contributed by atoms with van der Waals surface area (Å²) in [5, 5.41) is 20.3. The number of nitrogens with zero attached hydrogens (tertiary/aromatic N) is 1. The van der Waals surface area contributed by atoms with E-state index < -0.39 is 0 Å². The van der Waals surface area contributed by atoms with Gasteiger partial charge in [0.15, 0.2) is 11.5 Å². The van der Waals surface area contributed by atoms with Crippen molar-refractivity contribution in [1.82, 2.24) is 0 Å². The molecule has 0 fully saturated rings. The molecule has 0 bridgehead atoms. The number of rotatable bonds is 4. The van der Waals surface area contributed by atoms with E-state index in [-0.39, 0.29) is 11.5 Å². The Balaban J connectivity index is 2.42. The molecule has 4 nitrogen and oxygen atoms in total. The largest absolute Gasteiger partial charge is 0.505 e. The Hall–Kier alpha value is -2.01. The highest BCUT2D eigenvalue weighted by molar-refractivity contribution is 9.10. The lowest BCUT2D eigenvalue weighted by atomic mass is 10.1. The van der Waals surface area contributed by atoms with Crippen LogP contribution < -0.4 is 4.74 Å². The highest BCUT2D eigenvalue weighted by Crippen LogP contribution is 2.35. The zero-order valence-corrected chi connectivity index (χ0v) is 14.3. The van der Waals surface area contributed by atoms with E-state index in [1.54, 1.807) is 18.2 Å². The number of aliphatic imine (C=N–C) groups is 1. The zero-order chi connectivity index (χ0) is 16.3. The summed E-state index contributed by atoms with van der Waals surface area (Å²) in [7, 11) is 0. The van der Waals surface area contributed by atoms with Crippen molar-refractivity contribution in [2.24, 2.45) is 4.99 Å². The maximum Gasteiger partial charge on any atom is 0.166 e. The molecule has 0 aliphatic heterocycles. The average molecular weight is 364 g/mol. The molecule has 0 saturated heterocycles. The molecule has 0 radical (unpaired) electrons. The molecule has 22 heavy (non-hydrogen) atoms. The maximum absolute atomic E-state index is 10.2. The second-order valence-corrected chi connectivity index (χ2v) is 5.90. The lowest BCUT2D eigenvalue weighted by Crippen LogP contribution is -1.94. The SMILES string of the molecule is CCOc1cc(Br)cc(C=Nc2cc(C)cc(C)c2O)c1O. The Morgan fingerprint density at radius 2 is 1.86 bits per heavy atom. The number of phenolic OH excluding ortho intramolecular Hbond substituents is 2. The minimum atomic E-state index is 0.0256. The van der Waals surface area contributed by atoms with Gasteiger partial charge < -0.3 is 14.9 Å². The number of halogens is 1. The first kappa shape index (κ1) is 16.4. The first-order valence-corrected chi connectivity index (χ1v) is 7.71. The molecule has 0 spiro atoms. The van der Waals surface area contributed by atoms with E-state index >= 15 is 0 Å². The summed E-state index contributed by atoms with van der Waals surface area (Å²) >= 11 is 3.38. The van der Waals surface area contributed by atoms with Crippen LogP contribution in [0.25, 0.3) is 0 Å². The fourth-order valence-electron chi connectivity index (χ4n) is 2.13. The maximum atomic E-state index is 10.2. The van der Waals surface area contributed by atoms with Gasteiger partial charge in [-0.25, -0.2) is 0 Å². The first-order valence-electron chi connectivity index (χ1n) is 6.92. The van der Waals surface area contributed by atoms with Gasteiger partial charge in [-0.15, -0.1) is 0 Å². The van der Waals surface area contributed by atoms with Gasteiger partial charge in [-0.3, -0.25) is 4.99 Å². The zero-order valence-electron chi connectivity index (χ0n) is 12.7. The van der Waals surface area contributed by atoms with Crippen LogP contribution in [0.15, 0.2) is 33.7 Å². The fraction of sp³-hybridized carbons (Fsp3) is 0.235. The van der Waals surface area contributed by atoms with Gasteiger partial charge in [-0.05, 0) is 50.1 Å². The lowest BCUT2D eigenvalue weighted by molar-refractivity contribution is 0.317. The molecule has 0 aliphatic carbocycles. The molecular formula is C17H18BrNO3. The molecule has 0 aromatic heterocycles. The second-order valence-electron chi connectivity index (χ2n) is 4.98. The summed E-state index contributed by atoms with van der Waals surface area (Å²) in [6.07, 6.45) is 1.51. The third kappa shape index (κ3) is 3.60. The van der Waals surface area contributed by atoms with Crippen LogP contribution in [0, 0.1) is 13.8 Å². The molecule has 0 aliphatic rings. The van der Waals surface area contributed by atoms with Crippen LogP contribution in [0.4, 0.5) is 5.69 Å². The molecule has 2 aromatic rings. The minimum absolute atomic E-state index is 0.0256. The number of ether oxygens (including phenoxy) is 1. The summed E-state index contributed by atoms with van der Waals surface area (Å²) in [5.74, 6) is 0.557. The molecule has 2 rings (SSSR count). The van der Waals surface area contributed by atoms with Crippen molar-refractivity contribution in [3.8, 4) is 17.2 Å². The monoisotopic (exact) mass is 363 g/mol. The molecule has 0 saturated carbocycles. The summed E-state index contributed by atoms with van der Waals surface area (Å²) in [5.41, 5.74) is 2.75. The fourth-order valence-corrected chi connectivity index (χ4v) is 2.59. The smallest absolute Gasteiger partial charge is 0.166 e. The Labute approximate surface area is 138 Å². The van der Waals surface area contributed by atoms with Gasteiger partial charge in [0, 0.05) is 16.3 Å². The molecule has 2 N–H and O–H groups in total. The summed E-state index contributed by atoms with van der Waals surface area (Å²) in [4.78, 5) is 4.29. The second kappa shape index (κ2) is 6.83. The van der Waals surface area contributed by atoms with E-state index in [0.29, 0.717) is 23.6 Å². The first-order chi connectivity index (χ1) is 10.4. The van der Waals surface area contributed by atoms with E-state index in [1.807, 2.05) is 26.8 Å². The van der Waals surface area contributed by atoms with Gasteiger partial charge in [0.2, 0.25) is 0 Å². The summed E-state index contributed by atoms with van der Waals surface area (Å²) in [6, 6.07) is 7.11. The van der Waals surface area contributed by atoms with E-state index in [2.05, 4.69) is 20.9 Å². The van der Waals surface area contributed by atoms with Gasteiger partial charge in [0.05, 0.1) is 6.61 Å². The van der Waals surface area contributed by atoms with Crippen LogP contribution >= 0.6 is 15.9 Å². The van der Waals surface area contributed by atoms with Crippen LogP contribution in [0.2, 0.25) is 0 Å². The van der Waals surface area contributed by atoms with Crippen molar-refractivity contribution < 1.29 is 14.9 Å². The Morgan fingerprint density at radius 1 is 1.14 bits per heavy atom. The van der Waals surface area contributed by atoms with Crippen molar-refractivity contribution in [1.29, 1.82) is 0 Å². The molecule has 0 amide bonds. The Bertz CT molecular complexity index is 726. The highest BCUT2D eigenvalue weighted by Gasteiger charge is 2.10. The molecule has 5 heteroatoms. The molecular weight excluding hydrogens is 346 g/mol. The van der Waals surface area contributed by atoms with Crippen LogP contribution in [0.3, 0.4) is 0 Å². The average Bonchev–Trinajstić information content (AvgIpc) is 2.45. The Kier molecular flexibility index (Phi) is 5.08. The van der Waals surface area contributed by atoms with Gasteiger partial charge in [0.1, 0.15) is 11.4 Å². The van der Waals surface area contributed by atoms with E-state index in [4.69, 9.17) is 4.74 Å². The molecule has 2 aromatic carbocycles. The molecule has 116 valence electrons. The number of hydrogen-bond donors (Lipinski definition) is 2. The minimum Gasteiger partial charge on any atom is -0.505 e. The van der Waals surface area contributed by atoms with E-state index in [1.165, 1.54) is 6.21 Å². The van der Waals surface area contributed by atoms with Crippen LogP contribution in [-0.2, 0) is 0 Å². The number of hydrogen-bond acceptors (Lipinski definition) is 4. The predicted molar refractivity (Wildman–Crippen MR) is 91.8 cm³/mol. The van der Waals surface area contributed by atoms with Gasteiger partial charge in [-0.1, -0.05) is 22.0 Å². The van der Waals surface area contributed by atoms with E-state index in [0.717, 1.165) is 15.6 Å². The van der Waals surface area contributed by atoms with Crippen LogP contribution in [-0.4, -0.2) is 23.0 Å². The molecule has 0 unspecified atom stereocenters. The summed E-state index contributed by atoms with van der Waals surface area (Å²) < 4.78 is 6.16. The predicted octanol–water partition coefficient (Wildman–Crippen LogP) is 4.63. The topological polar surface area (TPSA) is 62.0 Å². The normalized spacial score (nSPS) is 11.1. The van der Waals surface area contributed by atoms with Crippen LogP contribution in [0.1, 0.15) is 23.6 Å². The van der Waals surface area contributed by atoms with Crippen molar-refractivity contribution in [2.45, 2.75) is 20.8 Å². The quantitative estimate of drug-likeness (QED) is 0.778. The van der Waals surface area contributed by atoms with Crippen molar-refractivity contribution in [3.63, 3.8) is 0 Å². The number of aromatic hydroxyl groups is 2. The van der Waals surface area contributed by atoms with E-state index in [9.17, 15) is 10.2 Å². The van der Waals surface area contributed by atoms with Gasteiger partial charge in [0.25, 0.3) is 0 Å². The molecule has 0 heterocycles. The standard InChI is InChI=1S/C17H18BrNO3/c1-4-22-15-8-13(18)7-12(17(15)21)9-19-14-6-10(2)5-11(3)16(14)20/h5-9,20-21H,4H2,1-3H3. The highest BCUT2D eigenvalue weighted by atomic mass is 79.9. The third-order valence-electron chi connectivity index (χ3n) is 3.14. The van der Waals surface area contributed by atoms with Gasteiger partial charge in [-0.2, -0.15) is 0 Å². The number of phenols is 2. The van der Waals surface area contributed by atoms with Crippen molar-refractivity contribution >= 4 is 27.8 Å². The third-order valence-corrected chi connectivity index (χ3v) is 3.59.